The Bertz CT molecular complexity index is 850. The molecule has 3 rings (SSSR count). The summed E-state index contributed by atoms with van der Waals surface area (Å²) >= 11 is 0. The molecule has 0 aliphatic carbocycles. The maximum absolute atomic E-state index is 12.5. The lowest BCUT2D eigenvalue weighted by molar-refractivity contribution is -0.143. The van der Waals surface area contributed by atoms with Crippen LogP contribution in [0.1, 0.15) is 28.9 Å². The Balaban J connectivity index is 1.45. The van der Waals surface area contributed by atoms with Crippen molar-refractivity contribution in [2.75, 3.05) is 26.2 Å². The van der Waals surface area contributed by atoms with E-state index in [9.17, 15) is 18.0 Å². The summed E-state index contributed by atoms with van der Waals surface area (Å²) in [7, 11) is 0. The molecule has 0 spiro atoms. The van der Waals surface area contributed by atoms with E-state index in [0.717, 1.165) is 22.5 Å². The number of carbonyl (C=O) groups excluding carboxylic acids is 1. The SMILES string of the molecule is Cc1nn(Cc2ccccc2)c(C)c1CNC(=O)NCC1CCN(CC(F)(F)F)C1. The molecule has 9 heteroatoms. The molecule has 0 radical (unpaired) electrons. The van der Waals surface area contributed by atoms with Crippen LogP contribution in [0.4, 0.5) is 18.0 Å². The van der Waals surface area contributed by atoms with Gasteiger partial charge in [-0.15, -0.1) is 0 Å². The van der Waals surface area contributed by atoms with Gasteiger partial charge in [-0.25, -0.2) is 4.79 Å². The largest absolute Gasteiger partial charge is 0.401 e. The molecule has 0 bridgehead atoms. The van der Waals surface area contributed by atoms with Gasteiger partial charge in [0.2, 0.25) is 0 Å². The highest BCUT2D eigenvalue weighted by Gasteiger charge is 2.34. The second-order valence-corrected chi connectivity index (χ2v) is 7.86. The van der Waals surface area contributed by atoms with Crippen molar-refractivity contribution in [1.29, 1.82) is 0 Å². The summed E-state index contributed by atoms with van der Waals surface area (Å²) < 4.78 is 39.3. The zero-order chi connectivity index (χ0) is 21.7. The van der Waals surface area contributed by atoms with Gasteiger partial charge in [0.1, 0.15) is 0 Å². The zero-order valence-electron chi connectivity index (χ0n) is 17.3. The van der Waals surface area contributed by atoms with Crippen LogP contribution in [0.2, 0.25) is 0 Å². The van der Waals surface area contributed by atoms with E-state index in [0.29, 0.717) is 39.1 Å². The van der Waals surface area contributed by atoms with Crippen LogP contribution in [0.25, 0.3) is 0 Å². The third-order valence-electron chi connectivity index (χ3n) is 5.46. The molecule has 1 saturated heterocycles. The van der Waals surface area contributed by atoms with Gasteiger partial charge in [0.25, 0.3) is 0 Å². The number of aryl methyl sites for hydroxylation is 1. The lowest BCUT2D eigenvalue weighted by atomic mass is 10.1. The minimum Gasteiger partial charge on any atom is -0.338 e. The van der Waals surface area contributed by atoms with Crippen LogP contribution in [0.3, 0.4) is 0 Å². The van der Waals surface area contributed by atoms with E-state index in [1.54, 1.807) is 0 Å². The summed E-state index contributed by atoms with van der Waals surface area (Å²) in [5.74, 6) is 0.0372. The maximum atomic E-state index is 12.5. The minimum absolute atomic E-state index is 0.0372. The van der Waals surface area contributed by atoms with Crippen LogP contribution < -0.4 is 10.6 Å². The molecule has 2 heterocycles. The Morgan fingerprint density at radius 2 is 1.93 bits per heavy atom. The highest BCUT2D eigenvalue weighted by atomic mass is 19.4. The number of aromatic nitrogens is 2. The van der Waals surface area contributed by atoms with E-state index in [-0.39, 0.29) is 11.9 Å². The highest BCUT2D eigenvalue weighted by molar-refractivity contribution is 5.73. The molecule has 30 heavy (non-hydrogen) atoms. The molecule has 1 fully saturated rings. The fraction of sp³-hybridized carbons (Fsp3) is 0.524. The number of amides is 2. The Morgan fingerprint density at radius 3 is 2.63 bits per heavy atom. The number of nitrogens with zero attached hydrogens (tertiary/aromatic N) is 3. The van der Waals surface area contributed by atoms with E-state index < -0.39 is 12.7 Å². The van der Waals surface area contributed by atoms with Gasteiger partial charge >= 0.3 is 12.2 Å². The van der Waals surface area contributed by atoms with Crippen molar-refractivity contribution in [3.8, 4) is 0 Å². The number of urea groups is 1. The van der Waals surface area contributed by atoms with Gasteiger partial charge in [-0.1, -0.05) is 30.3 Å². The number of alkyl halides is 3. The average Bonchev–Trinajstić information content (AvgIpc) is 3.22. The standard InChI is InChI=1S/C21H28F3N5O/c1-15-19(16(2)29(27-15)13-17-6-4-3-5-7-17)11-26-20(30)25-10-18-8-9-28(12-18)14-21(22,23)24/h3-7,18H,8-14H2,1-2H3,(H2,25,26,30). The summed E-state index contributed by atoms with van der Waals surface area (Å²) in [5.41, 5.74) is 3.98. The van der Waals surface area contributed by atoms with Crippen LogP contribution in [-0.2, 0) is 13.1 Å². The average molecular weight is 423 g/mol. The number of carbonyl (C=O) groups is 1. The first-order valence-electron chi connectivity index (χ1n) is 10.1. The molecule has 1 aliphatic rings. The monoisotopic (exact) mass is 423 g/mol. The lowest BCUT2D eigenvalue weighted by Gasteiger charge is -2.18. The fourth-order valence-electron chi connectivity index (χ4n) is 3.84. The first-order chi connectivity index (χ1) is 14.2. The van der Waals surface area contributed by atoms with Crippen molar-refractivity contribution < 1.29 is 18.0 Å². The molecule has 6 nitrogen and oxygen atoms in total. The molecule has 2 amide bonds. The third kappa shape index (κ3) is 6.22. The Morgan fingerprint density at radius 1 is 1.20 bits per heavy atom. The molecule has 1 aromatic carbocycles. The van der Waals surface area contributed by atoms with Crippen molar-refractivity contribution >= 4 is 6.03 Å². The van der Waals surface area contributed by atoms with Crippen molar-refractivity contribution in [3.63, 3.8) is 0 Å². The van der Waals surface area contributed by atoms with Crippen molar-refractivity contribution in [2.24, 2.45) is 5.92 Å². The minimum atomic E-state index is -4.18. The highest BCUT2D eigenvalue weighted by Crippen LogP contribution is 2.22. The quantitative estimate of drug-likeness (QED) is 0.719. The number of rotatable bonds is 7. The van der Waals surface area contributed by atoms with Crippen LogP contribution in [0, 0.1) is 19.8 Å². The number of hydrogen-bond donors (Lipinski definition) is 2. The van der Waals surface area contributed by atoms with Crippen molar-refractivity contribution in [3.05, 3.63) is 52.8 Å². The Labute approximate surface area is 174 Å². The predicted octanol–water partition coefficient (Wildman–Crippen LogP) is 3.23. The molecule has 2 aromatic rings. The van der Waals surface area contributed by atoms with E-state index >= 15 is 0 Å². The molecule has 164 valence electrons. The van der Waals surface area contributed by atoms with Gasteiger partial charge in [0.05, 0.1) is 18.8 Å². The van der Waals surface area contributed by atoms with Crippen molar-refractivity contribution in [1.82, 2.24) is 25.3 Å². The number of benzene rings is 1. The third-order valence-corrected chi connectivity index (χ3v) is 5.46. The Hall–Kier alpha value is -2.55. The van der Waals surface area contributed by atoms with E-state index in [4.69, 9.17) is 0 Å². The van der Waals surface area contributed by atoms with Crippen molar-refractivity contribution in [2.45, 2.75) is 39.5 Å². The molecule has 0 saturated carbocycles. The van der Waals surface area contributed by atoms with Gasteiger partial charge in [-0.2, -0.15) is 18.3 Å². The number of hydrogen-bond acceptors (Lipinski definition) is 3. The number of nitrogens with one attached hydrogen (secondary N) is 2. The second-order valence-electron chi connectivity index (χ2n) is 7.86. The van der Waals surface area contributed by atoms with Crippen LogP contribution in [-0.4, -0.2) is 53.1 Å². The summed E-state index contributed by atoms with van der Waals surface area (Å²) in [5, 5.41) is 10.2. The maximum Gasteiger partial charge on any atom is 0.401 e. The summed E-state index contributed by atoms with van der Waals surface area (Å²) in [4.78, 5) is 13.5. The van der Waals surface area contributed by atoms with Gasteiger partial charge in [0, 0.05) is 30.9 Å². The number of likely N-dealkylation sites (tertiary alicyclic amines) is 1. The summed E-state index contributed by atoms with van der Waals surface area (Å²) in [6.45, 7) is 5.14. The number of halogens is 3. The smallest absolute Gasteiger partial charge is 0.338 e. The molecule has 1 aliphatic heterocycles. The molecule has 2 N–H and O–H groups in total. The van der Waals surface area contributed by atoms with Gasteiger partial charge in [-0.3, -0.25) is 9.58 Å². The van der Waals surface area contributed by atoms with E-state index in [2.05, 4.69) is 15.7 Å². The molecule has 1 aromatic heterocycles. The predicted molar refractivity (Wildman–Crippen MR) is 108 cm³/mol. The summed E-state index contributed by atoms with van der Waals surface area (Å²) in [6.07, 6.45) is -3.53. The molecule has 1 atom stereocenters. The van der Waals surface area contributed by atoms with E-state index in [1.807, 2.05) is 48.9 Å². The lowest BCUT2D eigenvalue weighted by Crippen LogP contribution is -2.39. The van der Waals surface area contributed by atoms with Crippen LogP contribution >= 0.6 is 0 Å². The van der Waals surface area contributed by atoms with E-state index in [1.165, 1.54) is 4.90 Å². The molecular weight excluding hydrogens is 395 g/mol. The zero-order valence-corrected chi connectivity index (χ0v) is 17.3. The first-order valence-corrected chi connectivity index (χ1v) is 10.1. The van der Waals surface area contributed by atoms with Gasteiger partial charge in [-0.05, 0) is 38.3 Å². The topological polar surface area (TPSA) is 62.2 Å². The first kappa shape index (κ1) is 22.1. The second kappa shape index (κ2) is 9.51. The molecule has 1 unspecified atom stereocenters. The molecular formula is C21H28F3N5O. The van der Waals surface area contributed by atoms with Crippen LogP contribution in [0.15, 0.2) is 30.3 Å². The van der Waals surface area contributed by atoms with Gasteiger partial charge < -0.3 is 10.6 Å². The summed E-state index contributed by atoms with van der Waals surface area (Å²) in [6, 6.07) is 9.71. The fourth-order valence-corrected chi connectivity index (χ4v) is 3.84. The van der Waals surface area contributed by atoms with Gasteiger partial charge in [0.15, 0.2) is 0 Å². The van der Waals surface area contributed by atoms with Crippen LogP contribution in [0.5, 0.6) is 0 Å². The Kier molecular flexibility index (Phi) is 7.02. The normalized spacial score (nSPS) is 17.3.